The third-order valence-electron chi connectivity index (χ3n) is 3.10. The summed E-state index contributed by atoms with van der Waals surface area (Å²) in [4.78, 5) is 16.2. The molecule has 0 radical (unpaired) electrons. The van der Waals surface area contributed by atoms with Gasteiger partial charge in [-0.1, -0.05) is 17.3 Å². The number of hydrogen-bond acceptors (Lipinski definition) is 5. The van der Waals surface area contributed by atoms with Crippen molar-refractivity contribution in [3.63, 3.8) is 0 Å². The largest absolute Gasteiger partial charge is 0.481 e. The second-order valence-corrected chi connectivity index (χ2v) is 6.43. The van der Waals surface area contributed by atoms with Crippen molar-refractivity contribution in [1.29, 1.82) is 0 Å². The molecule has 104 valence electrons. The first-order valence-electron chi connectivity index (χ1n) is 6.08. The zero-order chi connectivity index (χ0) is 14.1. The molecule has 1 saturated carbocycles. The number of carbonyl (C=O) groups is 1. The fraction of sp³-hybridized carbons (Fsp3) is 0.308. The van der Waals surface area contributed by atoms with Crippen LogP contribution in [0.5, 0.6) is 0 Å². The van der Waals surface area contributed by atoms with E-state index in [0.29, 0.717) is 23.9 Å². The summed E-state index contributed by atoms with van der Waals surface area (Å²) < 4.78 is 6.17. The highest BCUT2D eigenvalue weighted by atomic mass is 79.9. The highest BCUT2D eigenvalue weighted by Gasteiger charge is 2.48. The number of carboxylic acids is 1. The molecule has 2 aromatic rings. The van der Waals surface area contributed by atoms with Crippen LogP contribution in [0.4, 0.5) is 0 Å². The summed E-state index contributed by atoms with van der Waals surface area (Å²) in [5, 5.41) is 12.8. The summed E-state index contributed by atoms with van der Waals surface area (Å²) in [7, 11) is 0. The lowest BCUT2D eigenvalue weighted by atomic mass is 10.3. The molecule has 0 saturated heterocycles. The summed E-state index contributed by atoms with van der Waals surface area (Å²) in [5.74, 6) is 0.368. The van der Waals surface area contributed by atoms with Crippen molar-refractivity contribution in [2.45, 2.75) is 23.0 Å². The standard InChI is InChI=1S/C13H11BrN2O3S/c14-9-3-1-2-4-10(9)20-6-11-15-12(19-16-11)7-5-8(7)13(17)18/h1-4,7-8H,5-6H2,(H,17,18). The van der Waals surface area contributed by atoms with Gasteiger partial charge in [0.05, 0.1) is 17.6 Å². The maximum atomic E-state index is 10.8. The normalized spacial score (nSPS) is 20.9. The molecule has 1 aliphatic carbocycles. The summed E-state index contributed by atoms with van der Waals surface area (Å²) in [6.07, 6.45) is 0.592. The molecule has 1 heterocycles. The Morgan fingerprint density at radius 3 is 3.00 bits per heavy atom. The Morgan fingerprint density at radius 2 is 2.30 bits per heavy atom. The molecule has 1 aromatic carbocycles. The Labute approximate surface area is 127 Å². The Hall–Kier alpha value is -1.34. The molecule has 0 bridgehead atoms. The van der Waals surface area contributed by atoms with Crippen molar-refractivity contribution in [2.24, 2.45) is 5.92 Å². The van der Waals surface area contributed by atoms with Gasteiger partial charge in [0.2, 0.25) is 5.89 Å². The Kier molecular flexibility index (Phi) is 3.80. The highest BCUT2D eigenvalue weighted by molar-refractivity contribution is 9.10. The lowest BCUT2D eigenvalue weighted by molar-refractivity contribution is -0.138. The molecule has 1 aliphatic rings. The lowest BCUT2D eigenvalue weighted by Crippen LogP contribution is -1.99. The van der Waals surface area contributed by atoms with E-state index in [0.717, 1.165) is 9.37 Å². The molecular formula is C13H11BrN2O3S. The number of halogens is 1. The minimum atomic E-state index is -0.794. The molecule has 5 nitrogen and oxygen atoms in total. The summed E-state index contributed by atoms with van der Waals surface area (Å²) in [6.45, 7) is 0. The van der Waals surface area contributed by atoms with E-state index in [-0.39, 0.29) is 11.8 Å². The van der Waals surface area contributed by atoms with Crippen molar-refractivity contribution in [2.75, 3.05) is 0 Å². The first-order chi connectivity index (χ1) is 9.65. The number of thioether (sulfide) groups is 1. The Balaban J connectivity index is 1.61. The number of aromatic nitrogens is 2. The number of benzene rings is 1. The monoisotopic (exact) mass is 354 g/mol. The zero-order valence-corrected chi connectivity index (χ0v) is 12.7. The molecule has 20 heavy (non-hydrogen) atoms. The minimum absolute atomic E-state index is 0.109. The predicted molar refractivity (Wildman–Crippen MR) is 76.5 cm³/mol. The van der Waals surface area contributed by atoms with Crippen LogP contribution in [-0.2, 0) is 10.5 Å². The zero-order valence-electron chi connectivity index (χ0n) is 10.3. The number of aliphatic carboxylic acids is 1. The van der Waals surface area contributed by atoms with Crippen LogP contribution >= 0.6 is 27.7 Å². The van der Waals surface area contributed by atoms with Crippen molar-refractivity contribution < 1.29 is 14.4 Å². The van der Waals surface area contributed by atoms with Crippen molar-refractivity contribution in [1.82, 2.24) is 10.1 Å². The van der Waals surface area contributed by atoms with E-state index in [1.807, 2.05) is 24.3 Å². The molecule has 3 rings (SSSR count). The SMILES string of the molecule is O=C(O)C1CC1c1nc(CSc2ccccc2Br)no1. The van der Waals surface area contributed by atoms with Crippen LogP contribution in [-0.4, -0.2) is 21.2 Å². The van der Waals surface area contributed by atoms with Gasteiger partial charge in [0.25, 0.3) is 0 Å². The average molecular weight is 355 g/mol. The smallest absolute Gasteiger partial charge is 0.307 e. The maximum Gasteiger partial charge on any atom is 0.307 e. The van der Waals surface area contributed by atoms with Crippen molar-refractivity contribution in [3.8, 4) is 0 Å². The second kappa shape index (κ2) is 5.57. The van der Waals surface area contributed by atoms with E-state index in [4.69, 9.17) is 9.63 Å². The van der Waals surface area contributed by atoms with Gasteiger partial charge < -0.3 is 9.63 Å². The average Bonchev–Trinajstić information content (AvgIpc) is 3.10. The van der Waals surface area contributed by atoms with Gasteiger partial charge in [-0.05, 0) is 34.5 Å². The van der Waals surface area contributed by atoms with Crippen LogP contribution < -0.4 is 0 Å². The molecule has 2 unspecified atom stereocenters. The Bertz CT molecular complexity index is 646. The highest BCUT2D eigenvalue weighted by Crippen LogP contribution is 2.46. The first kappa shape index (κ1) is 13.6. The molecule has 1 aromatic heterocycles. The van der Waals surface area contributed by atoms with Gasteiger partial charge in [0.15, 0.2) is 5.82 Å². The van der Waals surface area contributed by atoms with E-state index in [9.17, 15) is 4.79 Å². The minimum Gasteiger partial charge on any atom is -0.481 e. The van der Waals surface area contributed by atoms with E-state index < -0.39 is 5.97 Å². The van der Waals surface area contributed by atoms with Crippen LogP contribution in [0.3, 0.4) is 0 Å². The molecule has 1 fully saturated rings. The lowest BCUT2D eigenvalue weighted by Gasteiger charge is -2.00. The summed E-state index contributed by atoms with van der Waals surface area (Å²) >= 11 is 5.09. The molecule has 0 spiro atoms. The van der Waals surface area contributed by atoms with Gasteiger partial charge in [0.1, 0.15) is 0 Å². The van der Waals surface area contributed by atoms with E-state index in [1.54, 1.807) is 11.8 Å². The van der Waals surface area contributed by atoms with Gasteiger partial charge in [-0.3, -0.25) is 4.79 Å². The van der Waals surface area contributed by atoms with Crippen LogP contribution in [0.1, 0.15) is 24.1 Å². The maximum absolute atomic E-state index is 10.8. The second-order valence-electron chi connectivity index (χ2n) is 4.55. The van der Waals surface area contributed by atoms with Crippen LogP contribution in [0, 0.1) is 5.92 Å². The fourth-order valence-corrected chi connectivity index (χ4v) is 3.33. The molecule has 2 atom stereocenters. The van der Waals surface area contributed by atoms with Crippen LogP contribution in [0.25, 0.3) is 0 Å². The Morgan fingerprint density at radius 1 is 1.50 bits per heavy atom. The van der Waals surface area contributed by atoms with Gasteiger partial charge in [-0.15, -0.1) is 11.8 Å². The first-order valence-corrected chi connectivity index (χ1v) is 7.85. The van der Waals surface area contributed by atoms with Gasteiger partial charge in [-0.25, -0.2) is 0 Å². The molecule has 7 heteroatoms. The third-order valence-corrected chi connectivity index (χ3v) is 5.13. The fourth-order valence-electron chi connectivity index (χ4n) is 1.92. The van der Waals surface area contributed by atoms with Crippen molar-refractivity contribution in [3.05, 3.63) is 40.5 Å². The van der Waals surface area contributed by atoms with Gasteiger partial charge >= 0.3 is 5.97 Å². The van der Waals surface area contributed by atoms with E-state index in [1.165, 1.54) is 0 Å². The topological polar surface area (TPSA) is 76.2 Å². The van der Waals surface area contributed by atoms with E-state index >= 15 is 0 Å². The molecule has 0 amide bonds. The van der Waals surface area contributed by atoms with E-state index in [2.05, 4.69) is 26.1 Å². The third kappa shape index (κ3) is 2.88. The predicted octanol–water partition coefficient (Wildman–Crippen LogP) is 3.31. The van der Waals surface area contributed by atoms with Gasteiger partial charge in [0, 0.05) is 9.37 Å². The molecular weight excluding hydrogens is 344 g/mol. The van der Waals surface area contributed by atoms with Gasteiger partial charge in [-0.2, -0.15) is 4.98 Å². The summed E-state index contributed by atoms with van der Waals surface area (Å²) in [5.41, 5.74) is 0. The molecule has 0 aliphatic heterocycles. The summed E-state index contributed by atoms with van der Waals surface area (Å²) in [6, 6.07) is 7.92. The quantitative estimate of drug-likeness (QED) is 0.830. The number of carboxylic acid groups (broad SMARTS) is 1. The number of nitrogens with zero attached hydrogens (tertiary/aromatic N) is 2. The number of hydrogen-bond donors (Lipinski definition) is 1. The van der Waals surface area contributed by atoms with Crippen molar-refractivity contribution >= 4 is 33.7 Å². The number of rotatable bonds is 5. The molecule has 1 N–H and O–H groups in total. The van der Waals surface area contributed by atoms with Crippen LogP contribution in [0.2, 0.25) is 0 Å². The van der Waals surface area contributed by atoms with Crippen LogP contribution in [0.15, 0.2) is 38.2 Å².